The number of ether oxygens (including phenoxy) is 2. The van der Waals surface area contributed by atoms with Gasteiger partial charge in [0.05, 0.1) is 11.8 Å². The third kappa shape index (κ3) is 2.58. The second kappa shape index (κ2) is 6.55. The maximum absolute atomic E-state index is 13.9. The predicted octanol–water partition coefficient (Wildman–Crippen LogP) is 2.53. The first-order chi connectivity index (χ1) is 16.6. The first-order valence-electron chi connectivity index (χ1n) is 12.8. The summed E-state index contributed by atoms with van der Waals surface area (Å²) >= 11 is 0. The molecule has 0 radical (unpaired) electrons. The normalized spacial score (nSPS) is 43.6. The number of amides is 2. The number of hydrogen-bond acceptors (Lipinski definition) is 8. The van der Waals surface area contributed by atoms with E-state index in [2.05, 4.69) is 37.9 Å². The van der Waals surface area contributed by atoms with Crippen molar-refractivity contribution < 1.29 is 28.7 Å². The van der Waals surface area contributed by atoms with Gasteiger partial charge in [0.2, 0.25) is 11.4 Å². The van der Waals surface area contributed by atoms with Crippen molar-refractivity contribution in [3.63, 3.8) is 0 Å². The van der Waals surface area contributed by atoms with Crippen LogP contribution in [0.25, 0.3) is 0 Å². The van der Waals surface area contributed by atoms with Crippen molar-refractivity contribution in [1.29, 1.82) is 0 Å². The maximum Gasteiger partial charge on any atom is 0.337 e. The zero-order valence-electron chi connectivity index (χ0n) is 22.1. The van der Waals surface area contributed by atoms with Gasteiger partial charge in [-0.25, -0.2) is 0 Å². The molecule has 0 N–H and O–H groups in total. The van der Waals surface area contributed by atoms with Crippen LogP contribution < -0.4 is 0 Å². The Morgan fingerprint density at radius 3 is 1.36 bits per heavy atom. The molecule has 10 nitrogen and oxygen atoms in total. The lowest BCUT2D eigenvalue weighted by Crippen LogP contribution is -2.60. The number of carbonyl (C=O) groups is 4. The summed E-state index contributed by atoms with van der Waals surface area (Å²) in [7, 11) is 0. The van der Waals surface area contributed by atoms with Crippen LogP contribution in [0.5, 0.6) is 0 Å². The van der Waals surface area contributed by atoms with Gasteiger partial charge in [-0.15, -0.1) is 0 Å². The van der Waals surface area contributed by atoms with E-state index in [4.69, 9.17) is 9.47 Å². The SMILES string of the molecule is CC(=O)O[C@@]12C[C@@H]3[C@@H]([C@@H]1C(C)=NN2C(=O)C(=O)N1N=C(C)[C@H]2[C@@H]4[C@H](C[C@]21OC(C)=O)C4(C)C)C3(C)C. The number of hydrazone groups is 2. The molecule has 0 bridgehead atoms. The molecule has 4 saturated carbocycles. The minimum atomic E-state index is -1.32. The lowest BCUT2D eigenvalue weighted by molar-refractivity contribution is -0.205. The summed E-state index contributed by atoms with van der Waals surface area (Å²) < 4.78 is 11.7. The average molecular weight is 499 g/mol. The van der Waals surface area contributed by atoms with Gasteiger partial charge >= 0.3 is 23.8 Å². The molecule has 0 aromatic heterocycles. The van der Waals surface area contributed by atoms with Gasteiger partial charge in [0.1, 0.15) is 0 Å². The molecule has 194 valence electrons. The van der Waals surface area contributed by atoms with Crippen LogP contribution in [0, 0.1) is 46.3 Å². The molecule has 0 aromatic carbocycles. The van der Waals surface area contributed by atoms with Gasteiger partial charge in [0.25, 0.3) is 0 Å². The molecular weight excluding hydrogens is 464 g/mol. The third-order valence-electron chi connectivity index (χ3n) is 10.3. The van der Waals surface area contributed by atoms with Crippen LogP contribution in [0.2, 0.25) is 0 Å². The van der Waals surface area contributed by atoms with Gasteiger partial charge < -0.3 is 9.47 Å². The van der Waals surface area contributed by atoms with Crippen molar-refractivity contribution in [1.82, 2.24) is 10.0 Å². The molecule has 0 spiro atoms. The van der Waals surface area contributed by atoms with Gasteiger partial charge in [0.15, 0.2) is 0 Å². The summed E-state index contributed by atoms with van der Waals surface area (Å²) in [5.74, 6) is -2.52. The Balaban J connectivity index is 1.35. The zero-order valence-corrected chi connectivity index (χ0v) is 22.1. The lowest BCUT2D eigenvalue weighted by Gasteiger charge is -2.41. The minimum absolute atomic E-state index is 0.0504. The number of hydrogen-bond donors (Lipinski definition) is 0. The van der Waals surface area contributed by atoms with E-state index in [9.17, 15) is 19.2 Å². The number of nitrogens with zero attached hydrogens (tertiary/aromatic N) is 4. The fraction of sp³-hybridized carbons (Fsp3) is 0.769. The highest BCUT2D eigenvalue weighted by atomic mass is 16.6. The Morgan fingerprint density at radius 2 is 1.06 bits per heavy atom. The van der Waals surface area contributed by atoms with E-state index in [1.165, 1.54) is 13.8 Å². The molecule has 4 aliphatic carbocycles. The quantitative estimate of drug-likeness (QED) is 0.426. The number of carbonyl (C=O) groups excluding carboxylic acids is 4. The monoisotopic (exact) mass is 498 g/mol. The van der Waals surface area contributed by atoms with E-state index in [1.807, 2.05) is 13.8 Å². The molecule has 0 unspecified atom stereocenters. The maximum atomic E-state index is 13.9. The molecule has 36 heavy (non-hydrogen) atoms. The van der Waals surface area contributed by atoms with E-state index < -0.39 is 35.2 Å². The molecule has 8 atom stereocenters. The molecule has 2 aliphatic heterocycles. The van der Waals surface area contributed by atoms with E-state index in [-0.39, 0.29) is 46.3 Å². The topological polar surface area (TPSA) is 118 Å². The van der Waals surface area contributed by atoms with Gasteiger partial charge in [-0.3, -0.25) is 19.2 Å². The molecule has 2 heterocycles. The second-order valence-electron chi connectivity index (χ2n) is 12.9. The molecule has 0 saturated heterocycles. The average Bonchev–Trinajstić information content (AvgIpc) is 3.19. The largest absolute Gasteiger partial charge is 0.436 e. The molecule has 4 fully saturated rings. The van der Waals surface area contributed by atoms with Crippen molar-refractivity contribution in [2.24, 2.45) is 56.5 Å². The summed E-state index contributed by atoms with van der Waals surface area (Å²) in [4.78, 5) is 52.1. The van der Waals surface area contributed by atoms with Crippen LogP contribution >= 0.6 is 0 Å². The Bertz CT molecular complexity index is 1110. The van der Waals surface area contributed by atoms with E-state index in [1.54, 1.807) is 0 Å². The standard InChI is InChI=1S/C26H34N4O6/c1-11-17-19-15(23(19,5)6)9-25(17,35-13(3)31)29(27-11)21(33)22(34)30-26(36-14(4)32)10-16-20(24(16,7)8)18(26)12(2)28-30/h15-20H,9-10H2,1-8H3/t15-,16+,17-,18-,19-,20-,25-,26-/m0/s1. The van der Waals surface area contributed by atoms with Crippen LogP contribution in [0.4, 0.5) is 0 Å². The van der Waals surface area contributed by atoms with Crippen LogP contribution in [0.1, 0.15) is 68.2 Å². The Morgan fingerprint density at radius 1 is 0.722 bits per heavy atom. The van der Waals surface area contributed by atoms with Crippen LogP contribution in [-0.4, -0.2) is 56.6 Å². The molecule has 6 aliphatic rings. The van der Waals surface area contributed by atoms with Gasteiger partial charge in [0, 0.05) is 38.1 Å². The van der Waals surface area contributed by atoms with Crippen LogP contribution in [0.15, 0.2) is 10.2 Å². The summed E-state index contributed by atoms with van der Waals surface area (Å²) in [6.45, 7) is 14.9. The zero-order chi connectivity index (χ0) is 26.3. The first kappa shape index (κ1) is 23.6. The van der Waals surface area contributed by atoms with E-state index >= 15 is 0 Å². The first-order valence-corrected chi connectivity index (χ1v) is 12.8. The highest BCUT2D eigenvalue weighted by Crippen LogP contribution is 2.75. The highest BCUT2D eigenvalue weighted by Gasteiger charge is 2.80. The lowest BCUT2D eigenvalue weighted by atomic mass is 9.83. The van der Waals surface area contributed by atoms with Gasteiger partial charge in [-0.1, -0.05) is 27.7 Å². The summed E-state index contributed by atoms with van der Waals surface area (Å²) in [5, 5.41) is 11.1. The fourth-order valence-corrected chi connectivity index (χ4v) is 8.75. The molecular formula is C26H34N4O6. The van der Waals surface area contributed by atoms with Crippen LogP contribution in [0.3, 0.4) is 0 Å². The number of rotatable bonds is 2. The summed E-state index contributed by atoms with van der Waals surface area (Å²) in [6.07, 6.45) is 0.847. The smallest absolute Gasteiger partial charge is 0.337 e. The van der Waals surface area contributed by atoms with Gasteiger partial charge in [-0.05, 0) is 48.3 Å². The molecule has 2 amide bonds. The Kier molecular flexibility index (Phi) is 4.30. The Labute approximate surface area is 210 Å². The van der Waals surface area contributed by atoms with Crippen molar-refractivity contribution in [2.45, 2.75) is 79.7 Å². The summed E-state index contributed by atoms with van der Waals surface area (Å²) in [5.41, 5.74) is -1.19. The van der Waals surface area contributed by atoms with Crippen molar-refractivity contribution >= 4 is 35.2 Å². The predicted molar refractivity (Wildman–Crippen MR) is 127 cm³/mol. The Hall–Kier alpha value is -2.78. The number of esters is 2. The summed E-state index contributed by atoms with van der Waals surface area (Å²) in [6, 6.07) is 0. The second-order valence-corrected chi connectivity index (χ2v) is 12.9. The van der Waals surface area contributed by atoms with Crippen molar-refractivity contribution in [3.8, 4) is 0 Å². The van der Waals surface area contributed by atoms with E-state index in [0.29, 0.717) is 24.3 Å². The molecule has 0 aromatic rings. The van der Waals surface area contributed by atoms with Gasteiger partial charge in [-0.2, -0.15) is 20.2 Å². The number of fused-ring (bicyclic) bond motifs is 6. The molecule has 10 heteroatoms. The van der Waals surface area contributed by atoms with Crippen molar-refractivity contribution in [2.75, 3.05) is 0 Å². The minimum Gasteiger partial charge on any atom is -0.436 e. The third-order valence-corrected chi connectivity index (χ3v) is 10.3. The fourth-order valence-electron chi connectivity index (χ4n) is 8.75. The van der Waals surface area contributed by atoms with Crippen molar-refractivity contribution in [3.05, 3.63) is 0 Å². The van der Waals surface area contributed by atoms with Crippen LogP contribution in [-0.2, 0) is 28.7 Å². The van der Waals surface area contributed by atoms with E-state index in [0.717, 1.165) is 10.0 Å². The highest BCUT2D eigenvalue weighted by molar-refractivity contribution is 6.35. The molecule has 6 rings (SSSR count).